The summed E-state index contributed by atoms with van der Waals surface area (Å²) in [5.74, 6) is -2.38. The molecule has 4 heterocycles. The average molecular weight is 561 g/mol. The minimum Gasteiger partial charge on any atom is -0.477 e. The van der Waals surface area contributed by atoms with Crippen LogP contribution in [-0.2, 0) is 9.59 Å². The predicted octanol–water partition coefficient (Wildman–Crippen LogP) is 7.52. The zero-order valence-electron chi connectivity index (χ0n) is 13.8. The fourth-order valence-corrected chi connectivity index (χ4v) is 16.3. The Kier molecular flexibility index (Phi) is 7.44. The van der Waals surface area contributed by atoms with E-state index >= 15 is 0 Å². The normalized spacial score (nSPS) is 22.4. The van der Waals surface area contributed by atoms with Gasteiger partial charge in [-0.15, -0.1) is 23.5 Å². The molecule has 4 rings (SSSR count). The van der Waals surface area contributed by atoms with Crippen molar-refractivity contribution < 1.29 is 19.8 Å². The second-order valence-corrected chi connectivity index (χ2v) is 16.7. The molecule has 28 heavy (non-hydrogen) atoms. The lowest BCUT2D eigenvalue weighted by Gasteiger charge is -2.07. The molecule has 4 nitrogen and oxygen atoms in total. The van der Waals surface area contributed by atoms with Crippen LogP contribution >= 0.6 is 118 Å². The molecule has 4 aliphatic heterocycles. The summed E-state index contributed by atoms with van der Waals surface area (Å²) in [5, 5.41) is 18.5. The molecule has 0 bridgehead atoms. The third-order valence-corrected chi connectivity index (χ3v) is 17.6. The lowest BCUT2D eigenvalue weighted by Crippen LogP contribution is -2.03. The highest BCUT2D eigenvalue weighted by Crippen LogP contribution is 2.72. The van der Waals surface area contributed by atoms with Crippen molar-refractivity contribution in [3.8, 4) is 0 Å². The van der Waals surface area contributed by atoms with Crippen molar-refractivity contribution in [3.63, 3.8) is 0 Å². The third-order valence-electron chi connectivity index (χ3n) is 3.13. The third kappa shape index (κ3) is 4.37. The van der Waals surface area contributed by atoms with Crippen molar-refractivity contribution >= 4 is 130 Å². The molecule has 0 aromatic heterocycles. The number of carboxylic acid groups (broad SMARTS) is 2. The van der Waals surface area contributed by atoms with Gasteiger partial charge in [0.2, 0.25) is 0 Å². The summed E-state index contributed by atoms with van der Waals surface area (Å²) in [6.07, 6.45) is 4.21. The molecule has 14 heteroatoms. The number of hydrogen-bond donors (Lipinski definition) is 2. The predicted molar refractivity (Wildman–Crippen MR) is 138 cm³/mol. The van der Waals surface area contributed by atoms with Gasteiger partial charge < -0.3 is 10.2 Å². The van der Waals surface area contributed by atoms with Crippen LogP contribution in [0.4, 0.5) is 0 Å². The van der Waals surface area contributed by atoms with Crippen LogP contribution in [0, 0.1) is 0 Å². The van der Waals surface area contributed by atoms with Crippen molar-refractivity contribution in [2.75, 3.05) is 12.5 Å². The van der Waals surface area contributed by atoms with Crippen LogP contribution in [0.2, 0.25) is 0 Å². The topological polar surface area (TPSA) is 74.6 Å². The Balaban J connectivity index is 1.46. The maximum atomic E-state index is 11.3. The van der Waals surface area contributed by atoms with E-state index in [4.69, 9.17) is 0 Å². The van der Waals surface area contributed by atoms with Gasteiger partial charge in [-0.05, 0) is 12.5 Å². The van der Waals surface area contributed by atoms with Gasteiger partial charge in [-0.3, -0.25) is 0 Å². The molecule has 0 amide bonds. The summed E-state index contributed by atoms with van der Waals surface area (Å²) in [6.45, 7) is 0. The Morgan fingerprint density at radius 1 is 0.571 bits per heavy atom. The van der Waals surface area contributed by atoms with Crippen LogP contribution < -0.4 is 0 Å². The zero-order chi connectivity index (χ0) is 20.0. The first-order valence-electron chi connectivity index (χ1n) is 7.10. The highest BCUT2D eigenvalue weighted by atomic mass is 32.3. The molecule has 0 saturated heterocycles. The Morgan fingerprint density at radius 3 is 1.14 bits per heavy atom. The van der Waals surface area contributed by atoms with Crippen molar-refractivity contribution in [3.05, 3.63) is 43.7 Å². The first-order chi connectivity index (χ1) is 13.4. The zero-order valence-corrected chi connectivity index (χ0v) is 22.0. The number of carbonyl (C=O) groups is 2. The Morgan fingerprint density at radius 2 is 0.857 bits per heavy atom. The molecule has 148 valence electrons. The van der Waals surface area contributed by atoms with Gasteiger partial charge in [-0.25, -0.2) is 9.59 Å². The maximum Gasteiger partial charge on any atom is 0.344 e. The lowest BCUT2D eigenvalue weighted by atomic mass is 10.5. The molecular formula is C14H8O4S10. The summed E-state index contributed by atoms with van der Waals surface area (Å²) >= 11 is 16.1. The van der Waals surface area contributed by atoms with E-state index < -0.39 is 11.9 Å². The van der Waals surface area contributed by atoms with E-state index in [1.165, 1.54) is 25.4 Å². The number of thioether (sulfide) groups is 10. The summed E-state index contributed by atoms with van der Waals surface area (Å²) < 4.78 is 9.43. The van der Waals surface area contributed by atoms with Gasteiger partial charge in [0.05, 0.1) is 33.9 Å². The molecule has 0 aliphatic carbocycles. The van der Waals surface area contributed by atoms with E-state index in [1.54, 1.807) is 70.6 Å². The second kappa shape index (κ2) is 9.33. The summed E-state index contributed by atoms with van der Waals surface area (Å²) in [6, 6.07) is 0. The largest absolute Gasteiger partial charge is 0.477 e. The van der Waals surface area contributed by atoms with Crippen molar-refractivity contribution in [2.24, 2.45) is 0 Å². The van der Waals surface area contributed by atoms with E-state index in [2.05, 4.69) is 12.5 Å². The molecule has 2 N–H and O–H groups in total. The maximum absolute atomic E-state index is 11.3. The van der Waals surface area contributed by atoms with Crippen LogP contribution in [0.25, 0.3) is 0 Å². The van der Waals surface area contributed by atoms with Crippen LogP contribution in [0.1, 0.15) is 0 Å². The van der Waals surface area contributed by atoms with Crippen LogP contribution in [0.3, 0.4) is 0 Å². The minimum absolute atomic E-state index is 0.101. The molecule has 0 saturated carbocycles. The molecule has 0 unspecified atom stereocenters. The average Bonchev–Trinajstić information content (AvgIpc) is 3.39. The second-order valence-electron chi connectivity index (χ2n) is 4.79. The van der Waals surface area contributed by atoms with E-state index in [-0.39, 0.29) is 9.81 Å². The van der Waals surface area contributed by atoms with E-state index in [0.29, 0.717) is 0 Å². The first-order valence-corrected chi connectivity index (χ1v) is 16.1. The highest BCUT2D eigenvalue weighted by molar-refractivity contribution is 8.50. The molecule has 0 fully saturated rings. The fraction of sp³-hybridized carbons (Fsp3) is 0.143. The van der Waals surface area contributed by atoms with Gasteiger partial charge in [-0.2, -0.15) is 0 Å². The van der Waals surface area contributed by atoms with Crippen LogP contribution in [0.5, 0.6) is 0 Å². The molecule has 0 spiro atoms. The van der Waals surface area contributed by atoms with E-state index in [9.17, 15) is 19.8 Å². The summed E-state index contributed by atoms with van der Waals surface area (Å²) in [7, 11) is 0. The number of rotatable bonds is 4. The van der Waals surface area contributed by atoms with Gasteiger partial charge in [0.1, 0.15) is 9.81 Å². The fourth-order valence-electron chi connectivity index (χ4n) is 2.02. The minimum atomic E-state index is -1.19. The monoisotopic (exact) mass is 560 g/mol. The van der Waals surface area contributed by atoms with Gasteiger partial charge in [0, 0.05) is 0 Å². The van der Waals surface area contributed by atoms with E-state index in [1.807, 2.05) is 23.5 Å². The van der Waals surface area contributed by atoms with Gasteiger partial charge >= 0.3 is 11.9 Å². The summed E-state index contributed by atoms with van der Waals surface area (Å²) in [4.78, 5) is 22.5. The number of carboxylic acids is 2. The van der Waals surface area contributed by atoms with Crippen molar-refractivity contribution in [2.45, 2.75) is 0 Å². The van der Waals surface area contributed by atoms with Crippen molar-refractivity contribution in [1.82, 2.24) is 0 Å². The SMILES string of the molecule is CSC1=C(SC)SC(=C2SC3=C(S2)SC(=C2SC(C(=O)O)=C(C(=O)O)S2)S3)S1. The van der Waals surface area contributed by atoms with Gasteiger partial charge in [-0.1, -0.05) is 94.1 Å². The van der Waals surface area contributed by atoms with Crippen molar-refractivity contribution in [1.29, 1.82) is 0 Å². The highest BCUT2D eigenvalue weighted by Gasteiger charge is 2.38. The Labute approximate surface area is 203 Å². The Hall–Kier alpha value is 1.14. The summed E-state index contributed by atoms with van der Waals surface area (Å²) in [5.41, 5.74) is 0. The van der Waals surface area contributed by atoms with Crippen LogP contribution in [-0.4, -0.2) is 34.7 Å². The number of hydrogen-bond acceptors (Lipinski definition) is 12. The standard InChI is InChI=1S/C14H8O4S10/c1-19-7-8(20-2)24-11(23-7)12-27-13-14(28-12)26-10(25-13)9-21-3(5(15)16)4(22-9)6(17)18/h1-2H3,(H,15,16)(H,17,18). The molecular weight excluding hydrogens is 553 g/mol. The molecule has 0 atom stereocenters. The van der Waals surface area contributed by atoms with E-state index in [0.717, 1.165) is 32.0 Å². The smallest absolute Gasteiger partial charge is 0.344 e. The molecule has 0 aromatic carbocycles. The molecule has 0 radical (unpaired) electrons. The van der Waals surface area contributed by atoms with Gasteiger partial charge in [0.25, 0.3) is 0 Å². The number of aliphatic carboxylic acids is 2. The molecule has 4 aliphatic rings. The van der Waals surface area contributed by atoms with Crippen LogP contribution in [0.15, 0.2) is 43.7 Å². The van der Waals surface area contributed by atoms with Gasteiger partial charge in [0.15, 0.2) is 0 Å². The quantitative estimate of drug-likeness (QED) is 0.356. The first kappa shape index (κ1) is 22.3. The lowest BCUT2D eigenvalue weighted by molar-refractivity contribution is -0.134. The molecule has 0 aromatic rings. The Bertz CT molecular complexity index is 889.